The lowest BCUT2D eigenvalue weighted by molar-refractivity contribution is 0.209. The van der Waals surface area contributed by atoms with Crippen LogP contribution in [0.25, 0.3) is 0 Å². The summed E-state index contributed by atoms with van der Waals surface area (Å²) < 4.78 is 18.7. The molecule has 1 fully saturated rings. The van der Waals surface area contributed by atoms with E-state index in [2.05, 4.69) is 0 Å². The van der Waals surface area contributed by atoms with Crippen molar-refractivity contribution in [3.05, 3.63) is 24.0 Å². The average Bonchev–Trinajstić information content (AvgIpc) is 2.32. The Kier molecular flexibility index (Phi) is 3.65. The quantitative estimate of drug-likeness (QED) is 0.797. The predicted molar refractivity (Wildman–Crippen MR) is 62.9 cm³/mol. The van der Waals surface area contributed by atoms with E-state index in [1.54, 1.807) is 12.1 Å². The molecular weight excluding hydrogens is 205 g/mol. The van der Waals surface area contributed by atoms with Crippen LogP contribution in [0.1, 0.15) is 32.1 Å². The van der Waals surface area contributed by atoms with Gasteiger partial charge in [0.1, 0.15) is 17.3 Å². The molecule has 0 amide bonds. The minimum Gasteiger partial charge on any atom is -0.491 e. The Hall–Kier alpha value is -1.25. The molecule has 0 heterocycles. The van der Waals surface area contributed by atoms with Crippen LogP contribution in [0.2, 0.25) is 0 Å². The van der Waals surface area contributed by atoms with Crippen LogP contribution < -0.4 is 10.5 Å². The summed E-state index contributed by atoms with van der Waals surface area (Å²) in [5, 5.41) is 0. The molecule has 0 atom stereocenters. The number of rotatable bonds is 3. The maximum Gasteiger partial charge on any atom is 0.149 e. The molecule has 2 nitrogen and oxygen atoms in total. The van der Waals surface area contributed by atoms with E-state index in [-0.39, 0.29) is 5.69 Å². The number of halogens is 1. The first-order valence-electron chi connectivity index (χ1n) is 5.94. The fourth-order valence-corrected chi connectivity index (χ4v) is 2.20. The largest absolute Gasteiger partial charge is 0.491 e. The number of benzene rings is 1. The molecule has 1 aliphatic rings. The number of ether oxygens (including phenoxy) is 1. The van der Waals surface area contributed by atoms with Crippen molar-refractivity contribution in [2.45, 2.75) is 32.1 Å². The summed E-state index contributed by atoms with van der Waals surface area (Å²) >= 11 is 0. The summed E-state index contributed by atoms with van der Waals surface area (Å²) in [6.07, 6.45) is 6.34. The van der Waals surface area contributed by atoms with Gasteiger partial charge in [-0.15, -0.1) is 0 Å². The molecule has 3 heteroatoms. The lowest BCUT2D eigenvalue weighted by atomic mass is 9.90. The predicted octanol–water partition coefficient (Wildman–Crippen LogP) is 3.37. The van der Waals surface area contributed by atoms with Crippen molar-refractivity contribution in [1.82, 2.24) is 0 Å². The van der Waals surface area contributed by atoms with Gasteiger partial charge in [0.05, 0.1) is 6.61 Å². The van der Waals surface area contributed by atoms with Gasteiger partial charge in [-0.25, -0.2) is 4.39 Å². The Morgan fingerprint density at radius 1 is 1.25 bits per heavy atom. The summed E-state index contributed by atoms with van der Waals surface area (Å²) in [4.78, 5) is 0. The van der Waals surface area contributed by atoms with Crippen molar-refractivity contribution < 1.29 is 9.13 Å². The van der Waals surface area contributed by atoms with Crippen molar-refractivity contribution in [1.29, 1.82) is 0 Å². The molecule has 2 N–H and O–H groups in total. The first-order chi connectivity index (χ1) is 7.77. The fraction of sp³-hybridized carbons (Fsp3) is 0.538. The lowest BCUT2D eigenvalue weighted by Gasteiger charge is -2.22. The second-order valence-corrected chi connectivity index (χ2v) is 4.47. The second kappa shape index (κ2) is 5.19. The molecule has 0 spiro atoms. The van der Waals surface area contributed by atoms with Crippen LogP contribution in [0.4, 0.5) is 10.1 Å². The van der Waals surface area contributed by atoms with Gasteiger partial charge in [-0.1, -0.05) is 25.3 Å². The minimum absolute atomic E-state index is 0.123. The Bertz CT molecular complexity index is 348. The third kappa shape index (κ3) is 2.65. The standard InChI is InChI=1S/C13H18FNO/c14-11-7-4-8-12(13(11)15)16-9-10-5-2-1-3-6-10/h4,7-8,10H,1-3,5-6,9,15H2. The van der Waals surface area contributed by atoms with Gasteiger partial charge in [-0.2, -0.15) is 0 Å². The number of nitrogens with two attached hydrogens (primary N) is 1. The molecule has 1 saturated carbocycles. The van der Waals surface area contributed by atoms with Crippen LogP contribution in [0.5, 0.6) is 5.75 Å². The van der Waals surface area contributed by atoms with E-state index in [4.69, 9.17) is 10.5 Å². The van der Waals surface area contributed by atoms with E-state index in [0.29, 0.717) is 18.3 Å². The van der Waals surface area contributed by atoms with E-state index >= 15 is 0 Å². The zero-order chi connectivity index (χ0) is 11.4. The van der Waals surface area contributed by atoms with E-state index < -0.39 is 5.82 Å². The minimum atomic E-state index is -0.402. The smallest absolute Gasteiger partial charge is 0.149 e. The van der Waals surface area contributed by atoms with Crippen molar-refractivity contribution in [2.24, 2.45) is 5.92 Å². The van der Waals surface area contributed by atoms with E-state index in [9.17, 15) is 4.39 Å². The highest BCUT2D eigenvalue weighted by Gasteiger charge is 2.15. The monoisotopic (exact) mass is 223 g/mol. The average molecular weight is 223 g/mol. The summed E-state index contributed by atoms with van der Waals surface area (Å²) in [5.74, 6) is 0.683. The van der Waals surface area contributed by atoms with Crippen LogP contribution in [0, 0.1) is 11.7 Å². The summed E-state index contributed by atoms with van der Waals surface area (Å²) in [6.45, 7) is 0.660. The van der Waals surface area contributed by atoms with Gasteiger partial charge >= 0.3 is 0 Å². The van der Waals surface area contributed by atoms with E-state index in [0.717, 1.165) is 0 Å². The highest BCUT2D eigenvalue weighted by atomic mass is 19.1. The molecular formula is C13H18FNO. The third-order valence-corrected chi connectivity index (χ3v) is 3.21. The van der Waals surface area contributed by atoms with Gasteiger partial charge in [-0.3, -0.25) is 0 Å². The molecule has 0 aromatic heterocycles. The summed E-state index contributed by atoms with van der Waals surface area (Å²) in [7, 11) is 0. The highest BCUT2D eigenvalue weighted by Crippen LogP contribution is 2.27. The molecule has 1 aromatic rings. The number of hydrogen-bond donors (Lipinski definition) is 1. The fourth-order valence-electron chi connectivity index (χ4n) is 2.20. The van der Waals surface area contributed by atoms with Gasteiger partial charge in [0, 0.05) is 0 Å². The molecule has 0 unspecified atom stereocenters. The second-order valence-electron chi connectivity index (χ2n) is 4.47. The molecule has 0 bridgehead atoms. The molecule has 88 valence electrons. The van der Waals surface area contributed by atoms with Crippen LogP contribution in [-0.4, -0.2) is 6.61 Å². The highest BCUT2D eigenvalue weighted by molar-refractivity contribution is 5.53. The maximum atomic E-state index is 13.1. The van der Waals surface area contributed by atoms with Crippen LogP contribution in [0.3, 0.4) is 0 Å². The number of hydrogen-bond acceptors (Lipinski definition) is 2. The van der Waals surface area contributed by atoms with Gasteiger partial charge in [0.2, 0.25) is 0 Å². The molecule has 0 radical (unpaired) electrons. The molecule has 1 aromatic carbocycles. The van der Waals surface area contributed by atoms with Gasteiger partial charge < -0.3 is 10.5 Å². The molecule has 0 saturated heterocycles. The molecule has 0 aliphatic heterocycles. The van der Waals surface area contributed by atoms with Crippen LogP contribution >= 0.6 is 0 Å². The first-order valence-corrected chi connectivity index (χ1v) is 5.94. The lowest BCUT2D eigenvalue weighted by Crippen LogP contribution is -2.15. The third-order valence-electron chi connectivity index (χ3n) is 3.21. The van der Waals surface area contributed by atoms with Crippen molar-refractivity contribution in [2.75, 3.05) is 12.3 Å². The molecule has 1 aliphatic carbocycles. The Balaban J connectivity index is 1.91. The van der Waals surface area contributed by atoms with Crippen LogP contribution in [0.15, 0.2) is 18.2 Å². The van der Waals surface area contributed by atoms with Gasteiger partial charge in [-0.05, 0) is 30.9 Å². The Labute approximate surface area is 95.6 Å². The molecule has 2 rings (SSSR count). The molecule has 16 heavy (non-hydrogen) atoms. The van der Waals surface area contributed by atoms with Gasteiger partial charge in [0.25, 0.3) is 0 Å². The first kappa shape index (κ1) is 11.2. The SMILES string of the molecule is Nc1c(F)cccc1OCC1CCCCC1. The zero-order valence-electron chi connectivity index (χ0n) is 9.42. The zero-order valence-corrected chi connectivity index (χ0v) is 9.42. The maximum absolute atomic E-state index is 13.1. The van der Waals surface area contributed by atoms with Crippen LogP contribution in [-0.2, 0) is 0 Å². The van der Waals surface area contributed by atoms with Gasteiger partial charge in [0.15, 0.2) is 0 Å². The van der Waals surface area contributed by atoms with Crippen molar-refractivity contribution in [3.8, 4) is 5.75 Å². The normalized spacial score (nSPS) is 17.3. The number of nitrogen functional groups attached to an aromatic ring is 1. The number of para-hydroxylation sites is 1. The van der Waals surface area contributed by atoms with E-state index in [1.807, 2.05) is 0 Å². The summed E-state index contributed by atoms with van der Waals surface area (Å²) in [5.41, 5.74) is 5.72. The van der Waals surface area contributed by atoms with Crippen molar-refractivity contribution in [3.63, 3.8) is 0 Å². The Morgan fingerprint density at radius 3 is 2.75 bits per heavy atom. The Morgan fingerprint density at radius 2 is 2.00 bits per heavy atom. The summed E-state index contributed by atoms with van der Waals surface area (Å²) in [6, 6.07) is 4.70. The topological polar surface area (TPSA) is 35.2 Å². The van der Waals surface area contributed by atoms with Crippen molar-refractivity contribution >= 4 is 5.69 Å². The number of anilines is 1. The van der Waals surface area contributed by atoms with E-state index in [1.165, 1.54) is 38.2 Å².